The van der Waals surface area contributed by atoms with Gasteiger partial charge in [-0.1, -0.05) is 15.9 Å². The van der Waals surface area contributed by atoms with Crippen LogP contribution in [0, 0.1) is 5.82 Å². The van der Waals surface area contributed by atoms with Crippen LogP contribution in [0.5, 0.6) is 11.5 Å². The molecule has 1 aromatic carbocycles. The monoisotopic (exact) mass is 290 g/mol. The van der Waals surface area contributed by atoms with E-state index >= 15 is 0 Å². The molecule has 0 radical (unpaired) electrons. The molecular weight excluding hydrogens is 283 g/mol. The Bertz CT molecular complexity index is 482. The molecule has 0 aromatic heterocycles. The van der Waals surface area contributed by atoms with Crippen molar-refractivity contribution in [3.63, 3.8) is 0 Å². The van der Waals surface area contributed by atoms with E-state index in [4.69, 9.17) is 10.2 Å². The lowest BCUT2D eigenvalue weighted by atomic mass is 9.95. The Labute approximate surface area is 98.5 Å². The average molecular weight is 291 g/mol. The fourth-order valence-corrected chi connectivity index (χ4v) is 2.50. The Morgan fingerprint density at radius 1 is 1.44 bits per heavy atom. The first kappa shape index (κ1) is 11.2. The molecule has 0 amide bonds. The van der Waals surface area contributed by atoms with Crippen molar-refractivity contribution in [3.05, 3.63) is 21.9 Å². The number of carboxylic acids is 1. The van der Waals surface area contributed by atoms with Crippen molar-refractivity contribution in [2.45, 2.75) is 18.3 Å². The molecular formula is C10H8BrFO4. The first-order valence-corrected chi connectivity index (χ1v) is 5.33. The minimum absolute atomic E-state index is 0.102. The predicted octanol–water partition coefficient (Wildman–Crippen LogP) is 2.12. The fraction of sp³-hybridized carbons (Fsp3) is 0.300. The second-order valence-corrected chi connectivity index (χ2v) is 4.66. The van der Waals surface area contributed by atoms with Gasteiger partial charge in [0.15, 0.2) is 17.3 Å². The van der Waals surface area contributed by atoms with Crippen LogP contribution in [-0.2, 0) is 10.2 Å². The summed E-state index contributed by atoms with van der Waals surface area (Å²) in [5.74, 6) is -3.73. The average Bonchev–Trinajstić information content (AvgIpc) is 2.96. The van der Waals surface area contributed by atoms with Crippen LogP contribution in [0.25, 0.3) is 0 Å². The van der Waals surface area contributed by atoms with E-state index in [0.717, 1.165) is 6.07 Å². The molecule has 16 heavy (non-hydrogen) atoms. The maximum atomic E-state index is 13.7. The maximum absolute atomic E-state index is 13.7. The number of halogens is 2. The Morgan fingerprint density at radius 3 is 2.44 bits per heavy atom. The maximum Gasteiger partial charge on any atom is 0.314 e. The molecule has 86 valence electrons. The van der Waals surface area contributed by atoms with E-state index in [2.05, 4.69) is 15.9 Å². The van der Waals surface area contributed by atoms with Crippen molar-refractivity contribution >= 4 is 21.9 Å². The van der Waals surface area contributed by atoms with Crippen LogP contribution in [0.2, 0.25) is 0 Å². The van der Waals surface area contributed by atoms with E-state index in [-0.39, 0.29) is 10.0 Å². The van der Waals surface area contributed by atoms with Crippen LogP contribution in [0.4, 0.5) is 4.39 Å². The molecule has 0 heterocycles. The predicted molar refractivity (Wildman–Crippen MR) is 56.0 cm³/mol. The van der Waals surface area contributed by atoms with Crippen LogP contribution >= 0.6 is 15.9 Å². The highest BCUT2D eigenvalue weighted by molar-refractivity contribution is 9.10. The summed E-state index contributed by atoms with van der Waals surface area (Å²) in [7, 11) is 0. The molecule has 3 N–H and O–H groups in total. The number of phenolic OH excluding ortho intramolecular Hbond substituents is 2. The summed E-state index contributed by atoms with van der Waals surface area (Å²) in [4.78, 5) is 11.1. The summed E-state index contributed by atoms with van der Waals surface area (Å²) < 4.78 is 13.9. The molecule has 0 atom stereocenters. The molecule has 6 heteroatoms. The number of benzene rings is 1. The lowest BCUT2D eigenvalue weighted by Gasteiger charge is -2.15. The lowest BCUT2D eigenvalue weighted by molar-refractivity contribution is -0.140. The van der Waals surface area contributed by atoms with Gasteiger partial charge in [0.2, 0.25) is 0 Å². The van der Waals surface area contributed by atoms with Gasteiger partial charge in [0.25, 0.3) is 0 Å². The normalized spacial score (nSPS) is 17.1. The number of phenols is 2. The van der Waals surface area contributed by atoms with Crippen molar-refractivity contribution in [3.8, 4) is 11.5 Å². The number of carboxylic acid groups (broad SMARTS) is 1. The zero-order valence-electron chi connectivity index (χ0n) is 8.00. The van der Waals surface area contributed by atoms with E-state index in [1.165, 1.54) is 0 Å². The van der Waals surface area contributed by atoms with Crippen molar-refractivity contribution in [2.75, 3.05) is 0 Å². The molecule has 0 aliphatic heterocycles. The number of carbonyl (C=O) groups is 1. The van der Waals surface area contributed by atoms with Gasteiger partial charge in [0.1, 0.15) is 0 Å². The highest BCUT2D eigenvalue weighted by Crippen LogP contribution is 2.54. The van der Waals surface area contributed by atoms with Gasteiger partial charge in [-0.3, -0.25) is 4.79 Å². The first-order chi connectivity index (χ1) is 7.40. The highest BCUT2D eigenvalue weighted by Gasteiger charge is 2.55. The molecule has 1 saturated carbocycles. The van der Waals surface area contributed by atoms with Gasteiger partial charge in [-0.05, 0) is 18.9 Å². The van der Waals surface area contributed by atoms with E-state index in [0.29, 0.717) is 12.8 Å². The molecule has 1 aliphatic rings. The third-order valence-electron chi connectivity index (χ3n) is 2.81. The SMILES string of the molecule is O=C(O)C1(c2c(Br)cc(O)c(O)c2F)CC1. The molecule has 2 rings (SSSR count). The van der Waals surface area contributed by atoms with Gasteiger partial charge in [-0.2, -0.15) is 0 Å². The van der Waals surface area contributed by atoms with Crippen LogP contribution in [-0.4, -0.2) is 21.3 Å². The van der Waals surface area contributed by atoms with Gasteiger partial charge in [-0.25, -0.2) is 4.39 Å². The van der Waals surface area contributed by atoms with Gasteiger partial charge < -0.3 is 15.3 Å². The highest BCUT2D eigenvalue weighted by atomic mass is 79.9. The molecule has 1 aliphatic carbocycles. The molecule has 4 nitrogen and oxygen atoms in total. The van der Waals surface area contributed by atoms with Gasteiger partial charge in [0, 0.05) is 10.0 Å². The molecule has 0 unspecified atom stereocenters. The summed E-state index contributed by atoms with van der Waals surface area (Å²) in [6.07, 6.45) is 0.643. The first-order valence-electron chi connectivity index (χ1n) is 4.54. The van der Waals surface area contributed by atoms with Crippen molar-refractivity contribution in [1.82, 2.24) is 0 Å². The van der Waals surface area contributed by atoms with E-state index < -0.39 is 28.7 Å². The summed E-state index contributed by atoms with van der Waals surface area (Å²) >= 11 is 3.00. The Kier molecular flexibility index (Phi) is 2.34. The molecule has 1 fully saturated rings. The van der Waals surface area contributed by atoms with Gasteiger partial charge >= 0.3 is 5.97 Å². The third-order valence-corrected chi connectivity index (χ3v) is 3.44. The second-order valence-electron chi connectivity index (χ2n) is 3.80. The largest absolute Gasteiger partial charge is 0.504 e. The van der Waals surface area contributed by atoms with E-state index in [1.54, 1.807) is 0 Å². The molecule has 0 bridgehead atoms. The summed E-state index contributed by atoms with van der Waals surface area (Å²) in [5.41, 5.74) is -1.37. The van der Waals surface area contributed by atoms with Crippen LogP contribution in [0.1, 0.15) is 18.4 Å². The third kappa shape index (κ3) is 1.36. The Hall–Kier alpha value is -1.30. The second kappa shape index (κ2) is 3.35. The Balaban J connectivity index is 2.67. The molecule has 0 saturated heterocycles. The van der Waals surface area contributed by atoms with Crippen molar-refractivity contribution in [1.29, 1.82) is 0 Å². The number of hydrogen-bond donors (Lipinski definition) is 3. The minimum Gasteiger partial charge on any atom is -0.504 e. The van der Waals surface area contributed by atoms with Crippen molar-refractivity contribution < 1.29 is 24.5 Å². The van der Waals surface area contributed by atoms with Crippen molar-refractivity contribution in [2.24, 2.45) is 0 Å². The summed E-state index contributed by atoms with van der Waals surface area (Å²) in [6.45, 7) is 0. The number of aliphatic carboxylic acids is 1. The molecule has 0 spiro atoms. The lowest BCUT2D eigenvalue weighted by Crippen LogP contribution is -2.21. The Morgan fingerprint density at radius 2 is 2.00 bits per heavy atom. The topological polar surface area (TPSA) is 77.8 Å². The van der Waals surface area contributed by atoms with Crippen LogP contribution in [0.15, 0.2) is 10.5 Å². The van der Waals surface area contributed by atoms with E-state index in [9.17, 15) is 14.3 Å². The number of hydrogen-bond acceptors (Lipinski definition) is 3. The van der Waals surface area contributed by atoms with Gasteiger partial charge in [-0.15, -0.1) is 0 Å². The smallest absolute Gasteiger partial charge is 0.314 e. The minimum atomic E-state index is -1.27. The molecule has 1 aromatic rings. The van der Waals surface area contributed by atoms with E-state index in [1.807, 2.05) is 0 Å². The summed E-state index contributed by atoms with van der Waals surface area (Å²) in [6, 6.07) is 1.09. The standard InChI is InChI=1S/C10H8BrFO4/c11-4-3-5(13)8(14)7(12)6(4)10(1-2-10)9(15)16/h3,13-14H,1-2H2,(H,15,16). The van der Waals surface area contributed by atoms with Crippen LogP contribution in [0.3, 0.4) is 0 Å². The summed E-state index contributed by atoms with van der Waals surface area (Å²) in [5, 5.41) is 27.4. The quantitative estimate of drug-likeness (QED) is 0.729. The van der Waals surface area contributed by atoms with Crippen LogP contribution < -0.4 is 0 Å². The van der Waals surface area contributed by atoms with Gasteiger partial charge in [0.05, 0.1) is 5.41 Å². The fourth-order valence-electron chi connectivity index (χ4n) is 1.73. The zero-order valence-corrected chi connectivity index (χ0v) is 9.58. The number of rotatable bonds is 2. The zero-order chi connectivity index (χ0) is 12.1. The number of aromatic hydroxyl groups is 2.